The summed E-state index contributed by atoms with van der Waals surface area (Å²) in [7, 11) is 0. The number of rotatable bonds is 4. The van der Waals surface area contributed by atoms with E-state index in [4.69, 9.17) is 0 Å². The van der Waals surface area contributed by atoms with E-state index in [9.17, 15) is 10.5 Å². The first kappa shape index (κ1) is 31.7. The number of benzene rings is 6. The van der Waals surface area contributed by atoms with Gasteiger partial charge in [-0.25, -0.2) is 0 Å². The molecule has 0 fully saturated rings. The van der Waals surface area contributed by atoms with Crippen LogP contribution in [0.2, 0.25) is 0 Å². The molecule has 0 amide bonds. The lowest BCUT2D eigenvalue weighted by Gasteiger charge is -2.22. The lowest BCUT2D eigenvalue weighted by molar-refractivity contribution is 0.590. The number of aromatic nitrogens is 1. The smallest absolute Gasteiger partial charge is 0.0998 e. The van der Waals surface area contributed by atoms with E-state index < -0.39 is 0 Å². The molecule has 0 saturated carbocycles. The van der Waals surface area contributed by atoms with E-state index in [0.717, 1.165) is 44.5 Å². The molecule has 0 radical (unpaired) electrons. The largest absolute Gasteiger partial charge is 0.308 e. The molecule has 0 aliphatic rings. The standard InChI is InChI=1S/C46H39N3/c1-45(2,3)35-20-22-41-39(26-35)40-27-36(46(4,5)6)21-23-42(40)49(41)44-37(30-14-9-7-10-15-30)24-34(25-38(44)31-16-11-8-12-17-31)43-32(28-47)18-13-19-33(43)29-48/h7-27H,1-6H3. The summed E-state index contributed by atoms with van der Waals surface area (Å²) in [4.78, 5) is 0. The highest BCUT2D eigenvalue weighted by atomic mass is 15.0. The number of nitrogens with zero attached hydrogens (tertiary/aromatic N) is 3. The van der Waals surface area contributed by atoms with Gasteiger partial charge in [-0.3, -0.25) is 0 Å². The average molecular weight is 634 g/mol. The summed E-state index contributed by atoms with van der Waals surface area (Å²) < 4.78 is 2.43. The molecule has 6 aromatic carbocycles. The number of hydrogen-bond donors (Lipinski definition) is 0. The van der Waals surface area contributed by atoms with Gasteiger partial charge in [0.2, 0.25) is 0 Å². The van der Waals surface area contributed by atoms with Crippen molar-refractivity contribution in [1.29, 1.82) is 10.5 Å². The zero-order valence-corrected chi connectivity index (χ0v) is 29.0. The van der Waals surface area contributed by atoms with Crippen LogP contribution in [0.15, 0.2) is 127 Å². The van der Waals surface area contributed by atoms with Crippen molar-refractivity contribution in [2.24, 2.45) is 0 Å². The van der Waals surface area contributed by atoms with E-state index in [1.807, 2.05) is 12.1 Å². The maximum atomic E-state index is 10.2. The Hall–Kier alpha value is -5.90. The molecule has 0 unspecified atom stereocenters. The molecule has 3 nitrogen and oxygen atoms in total. The predicted molar refractivity (Wildman–Crippen MR) is 204 cm³/mol. The van der Waals surface area contributed by atoms with Crippen LogP contribution in [0.5, 0.6) is 0 Å². The Labute approximate surface area is 289 Å². The molecule has 1 heterocycles. The first-order valence-electron chi connectivity index (χ1n) is 16.8. The van der Waals surface area contributed by atoms with Crippen molar-refractivity contribution in [1.82, 2.24) is 4.57 Å². The lowest BCUT2D eigenvalue weighted by atomic mass is 9.85. The van der Waals surface area contributed by atoms with Crippen LogP contribution in [0.1, 0.15) is 63.8 Å². The number of nitriles is 2. The summed E-state index contributed by atoms with van der Waals surface area (Å²) in [6, 6.07) is 49.1. The van der Waals surface area contributed by atoms with E-state index >= 15 is 0 Å². The molecule has 1 aromatic heterocycles. The van der Waals surface area contributed by atoms with Crippen LogP contribution in [0.4, 0.5) is 0 Å². The van der Waals surface area contributed by atoms with Gasteiger partial charge in [-0.05, 0) is 87.2 Å². The third-order valence-corrected chi connectivity index (χ3v) is 9.59. The summed E-state index contributed by atoms with van der Waals surface area (Å²) >= 11 is 0. The minimum absolute atomic E-state index is 0.0110. The van der Waals surface area contributed by atoms with Gasteiger partial charge in [0.25, 0.3) is 0 Å². The molecule has 49 heavy (non-hydrogen) atoms. The quantitative estimate of drug-likeness (QED) is 0.194. The molecule has 238 valence electrons. The molecule has 0 saturated heterocycles. The maximum absolute atomic E-state index is 10.2. The van der Waals surface area contributed by atoms with E-state index in [-0.39, 0.29) is 10.8 Å². The minimum atomic E-state index is -0.0110. The third kappa shape index (κ3) is 5.58. The van der Waals surface area contributed by atoms with Crippen LogP contribution in [-0.4, -0.2) is 4.57 Å². The average Bonchev–Trinajstić information content (AvgIpc) is 3.43. The van der Waals surface area contributed by atoms with E-state index in [2.05, 4.69) is 155 Å². The normalized spacial score (nSPS) is 11.8. The van der Waals surface area contributed by atoms with E-state index in [0.29, 0.717) is 16.7 Å². The van der Waals surface area contributed by atoms with Crippen molar-refractivity contribution in [3.63, 3.8) is 0 Å². The van der Waals surface area contributed by atoms with Gasteiger partial charge in [-0.2, -0.15) is 10.5 Å². The highest BCUT2D eigenvalue weighted by Crippen LogP contribution is 2.45. The lowest BCUT2D eigenvalue weighted by Crippen LogP contribution is -2.10. The van der Waals surface area contributed by atoms with Crippen LogP contribution < -0.4 is 0 Å². The third-order valence-electron chi connectivity index (χ3n) is 9.59. The van der Waals surface area contributed by atoms with E-state index in [1.54, 1.807) is 18.2 Å². The zero-order chi connectivity index (χ0) is 34.5. The Morgan fingerprint density at radius 2 is 0.898 bits per heavy atom. The Morgan fingerprint density at radius 3 is 1.29 bits per heavy atom. The van der Waals surface area contributed by atoms with Crippen LogP contribution in [0.3, 0.4) is 0 Å². The molecule has 7 aromatic rings. The fourth-order valence-electron chi connectivity index (χ4n) is 6.94. The second-order valence-electron chi connectivity index (χ2n) is 14.9. The first-order valence-corrected chi connectivity index (χ1v) is 16.8. The van der Waals surface area contributed by atoms with Gasteiger partial charge in [-0.15, -0.1) is 0 Å². The molecular formula is C46H39N3. The monoisotopic (exact) mass is 633 g/mol. The molecule has 3 heteroatoms. The molecule has 0 atom stereocenters. The predicted octanol–water partition coefficient (Wildman–Crippen LogP) is 12.1. The van der Waals surface area contributed by atoms with Gasteiger partial charge >= 0.3 is 0 Å². The summed E-state index contributed by atoms with van der Waals surface area (Å²) in [5, 5.41) is 22.9. The number of fused-ring (bicyclic) bond motifs is 3. The van der Waals surface area contributed by atoms with Crippen molar-refractivity contribution in [2.75, 3.05) is 0 Å². The van der Waals surface area contributed by atoms with Crippen molar-refractivity contribution in [2.45, 2.75) is 52.4 Å². The Kier molecular flexibility index (Phi) is 7.74. The van der Waals surface area contributed by atoms with Crippen LogP contribution in [-0.2, 0) is 10.8 Å². The van der Waals surface area contributed by atoms with Gasteiger partial charge in [-0.1, -0.05) is 120 Å². The molecular weight excluding hydrogens is 595 g/mol. The van der Waals surface area contributed by atoms with Crippen LogP contribution in [0.25, 0.3) is 60.9 Å². The SMILES string of the molecule is CC(C)(C)c1ccc2c(c1)c1cc(C(C)(C)C)ccc1n2-c1c(-c2ccccc2)cc(-c2c(C#N)cccc2C#N)cc1-c1ccccc1. The van der Waals surface area contributed by atoms with Crippen molar-refractivity contribution >= 4 is 21.8 Å². The number of hydrogen-bond acceptors (Lipinski definition) is 2. The summed E-state index contributed by atoms with van der Waals surface area (Å²) in [6.45, 7) is 13.6. The van der Waals surface area contributed by atoms with Gasteiger partial charge in [0.05, 0.1) is 40.0 Å². The minimum Gasteiger partial charge on any atom is -0.308 e. The molecule has 7 rings (SSSR count). The second kappa shape index (κ2) is 12.0. The Bertz CT molecular complexity index is 2290. The Morgan fingerprint density at radius 1 is 0.469 bits per heavy atom. The Balaban J connectivity index is 1.70. The topological polar surface area (TPSA) is 52.5 Å². The fraction of sp³-hybridized carbons (Fsp3) is 0.174. The van der Waals surface area contributed by atoms with Gasteiger partial charge < -0.3 is 4.57 Å². The molecule has 0 spiro atoms. The van der Waals surface area contributed by atoms with Crippen molar-refractivity contribution in [3.05, 3.63) is 150 Å². The van der Waals surface area contributed by atoms with Crippen LogP contribution >= 0.6 is 0 Å². The second-order valence-corrected chi connectivity index (χ2v) is 14.9. The zero-order valence-electron chi connectivity index (χ0n) is 29.0. The maximum Gasteiger partial charge on any atom is 0.0998 e. The van der Waals surface area contributed by atoms with Crippen molar-refractivity contribution in [3.8, 4) is 51.2 Å². The summed E-state index contributed by atoms with van der Waals surface area (Å²) in [6.07, 6.45) is 0. The molecule has 0 N–H and O–H groups in total. The van der Waals surface area contributed by atoms with Gasteiger partial charge in [0.1, 0.15) is 0 Å². The van der Waals surface area contributed by atoms with Gasteiger partial charge in [0.15, 0.2) is 0 Å². The molecule has 0 bridgehead atoms. The highest BCUT2D eigenvalue weighted by Gasteiger charge is 2.25. The fourth-order valence-corrected chi connectivity index (χ4v) is 6.94. The van der Waals surface area contributed by atoms with Crippen LogP contribution in [0, 0.1) is 22.7 Å². The summed E-state index contributed by atoms with van der Waals surface area (Å²) in [5.41, 5.74) is 12.5. The summed E-state index contributed by atoms with van der Waals surface area (Å²) in [5.74, 6) is 0. The first-order chi connectivity index (χ1) is 23.5. The van der Waals surface area contributed by atoms with E-state index in [1.165, 1.54) is 21.9 Å². The molecule has 0 aliphatic carbocycles. The van der Waals surface area contributed by atoms with Crippen molar-refractivity contribution < 1.29 is 0 Å². The highest BCUT2D eigenvalue weighted by molar-refractivity contribution is 6.11. The van der Waals surface area contributed by atoms with Gasteiger partial charge in [0, 0.05) is 27.5 Å². The molecule has 0 aliphatic heterocycles.